The number of hydrogen-bond acceptors (Lipinski definition) is 4. The van der Waals surface area contributed by atoms with Crippen LogP contribution in [0.25, 0.3) is 0 Å². The minimum absolute atomic E-state index is 0.320. The molecular weight excluding hydrogens is 338 g/mol. The summed E-state index contributed by atoms with van der Waals surface area (Å²) in [6, 6.07) is -0.614. The van der Waals surface area contributed by atoms with Crippen molar-refractivity contribution in [3.05, 3.63) is 18.2 Å². The zero-order valence-electron chi connectivity index (χ0n) is 17.4. The van der Waals surface area contributed by atoms with Crippen LogP contribution < -0.4 is 5.73 Å². The maximum atomic E-state index is 11.8. The van der Waals surface area contributed by atoms with Crippen molar-refractivity contribution in [2.24, 2.45) is 5.73 Å². The highest BCUT2D eigenvalue weighted by molar-refractivity contribution is 5.75. The van der Waals surface area contributed by atoms with Gasteiger partial charge in [0.05, 0.1) is 12.9 Å². The standard InChI is InChI=1S/C22H41N3O2/c1-2-3-4-5-6-7-8-9-10-11-12-13-14-15-16-27-22(26)21(23)17-20-18-24-19-25-20/h18-19,21H,2-17,23H2,1H3,(H,24,25)/t21-/m0/s1. The number of H-pyrrole nitrogens is 1. The summed E-state index contributed by atoms with van der Waals surface area (Å²) < 4.78 is 5.26. The minimum Gasteiger partial charge on any atom is -0.465 e. The molecule has 3 N–H and O–H groups in total. The average molecular weight is 380 g/mol. The molecule has 0 aliphatic rings. The Kier molecular flexibility index (Phi) is 14.7. The van der Waals surface area contributed by atoms with Gasteiger partial charge in [-0.25, -0.2) is 4.98 Å². The first kappa shape index (κ1) is 23.7. The Morgan fingerprint density at radius 1 is 0.963 bits per heavy atom. The van der Waals surface area contributed by atoms with E-state index >= 15 is 0 Å². The molecular formula is C22H41N3O2. The average Bonchev–Trinajstić information content (AvgIpc) is 3.17. The Morgan fingerprint density at radius 3 is 1.96 bits per heavy atom. The molecule has 0 bridgehead atoms. The molecule has 0 saturated carbocycles. The number of carbonyl (C=O) groups is 1. The highest BCUT2D eigenvalue weighted by Gasteiger charge is 2.15. The molecule has 156 valence electrons. The first-order chi connectivity index (χ1) is 13.2. The van der Waals surface area contributed by atoms with Gasteiger partial charge in [-0.2, -0.15) is 0 Å². The van der Waals surface area contributed by atoms with Gasteiger partial charge in [-0.05, 0) is 6.42 Å². The van der Waals surface area contributed by atoms with Gasteiger partial charge in [0.15, 0.2) is 0 Å². The second kappa shape index (κ2) is 16.8. The van der Waals surface area contributed by atoms with Gasteiger partial charge < -0.3 is 15.5 Å². The molecule has 1 atom stereocenters. The first-order valence-corrected chi connectivity index (χ1v) is 11.1. The van der Waals surface area contributed by atoms with Gasteiger partial charge in [0.25, 0.3) is 0 Å². The van der Waals surface area contributed by atoms with E-state index in [4.69, 9.17) is 10.5 Å². The quantitative estimate of drug-likeness (QED) is 0.268. The number of nitrogens with zero attached hydrogens (tertiary/aromatic N) is 1. The molecule has 0 unspecified atom stereocenters. The molecule has 1 aromatic rings. The lowest BCUT2D eigenvalue weighted by molar-refractivity contribution is -0.145. The van der Waals surface area contributed by atoms with Crippen LogP contribution in [-0.2, 0) is 16.0 Å². The van der Waals surface area contributed by atoms with E-state index in [0.29, 0.717) is 13.0 Å². The lowest BCUT2D eigenvalue weighted by atomic mass is 10.0. The number of carbonyl (C=O) groups excluding carboxylic acids is 1. The molecule has 0 fully saturated rings. The Bertz CT molecular complexity index is 448. The van der Waals surface area contributed by atoms with Crippen LogP contribution in [0, 0.1) is 0 Å². The number of hydrogen-bond donors (Lipinski definition) is 2. The Balaban J connectivity index is 1.80. The van der Waals surface area contributed by atoms with Crippen LogP contribution in [0.1, 0.15) is 103 Å². The van der Waals surface area contributed by atoms with E-state index in [2.05, 4.69) is 16.9 Å². The van der Waals surface area contributed by atoms with Crippen molar-refractivity contribution >= 4 is 5.97 Å². The maximum absolute atomic E-state index is 11.8. The third-order valence-corrected chi connectivity index (χ3v) is 5.04. The molecule has 27 heavy (non-hydrogen) atoms. The third-order valence-electron chi connectivity index (χ3n) is 5.04. The predicted octanol–water partition coefficient (Wildman–Crippen LogP) is 5.30. The van der Waals surface area contributed by atoms with Crippen LogP contribution in [0.4, 0.5) is 0 Å². The van der Waals surface area contributed by atoms with Crippen molar-refractivity contribution < 1.29 is 9.53 Å². The van der Waals surface area contributed by atoms with Crippen molar-refractivity contribution in [2.75, 3.05) is 6.61 Å². The van der Waals surface area contributed by atoms with Crippen molar-refractivity contribution in [3.8, 4) is 0 Å². The molecule has 0 aromatic carbocycles. The maximum Gasteiger partial charge on any atom is 0.323 e. The van der Waals surface area contributed by atoms with Crippen molar-refractivity contribution in [3.63, 3.8) is 0 Å². The van der Waals surface area contributed by atoms with Crippen LogP contribution in [0.3, 0.4) is 0 Å². The number of aromatic amines is 1. The normalized spacial score (nSPS) is 12.2. The molecule has 0 saturated heterocycles. The van der Waals surface area contributed by atoms with Crippen LogP contribution in [0.2, 0.25) is 0 Å². The molecule has 5 nitrogen and oxygen atoms in total. The SMILES string of the molecule is CCCCCCCCCCCCCCCCOC(=O)[C@@H](N)Cc1cnc[nH]1. The molecule has 0 aliphatic heterocycles. The van der Waals surface area contributed by atoms with Crippen LogP contribution in [0.5, 0.6) is 0 Å². The fourth-order valence-electron chi connectivity index (χ4n) is 3.29. The van der Waals surface area contributed by atoms with Crippen molar-refractivity contribution in [1.82, 2.24) is 9.97 Å². The number of aromatic nitrogens is 2. The van der Waals surface area contributed by atoms with Gasteiger partial charge in [0.1, 0.15) is 6.04 Å². The summed E-state index contributed by atoms with van der Waals surface area (Å²) in [6.07, 6.45) is 22.2. The van der Waals surface area contributed by atoms with Gasteiger partial charge in [-0.1, -0.05) is 90.4 Å². The molecule has 0 amide bonds. The molecule has 1 aromatic heterocycles. The molecule has 1 rings (SSSR count). The number of unbranched alkanes of at least 4 members (excludes halogenated alkanes) is 13. The number of esters is 1. The van der Waals surface area contributed by atoms with E-state index in [1.807, 2.05) is 0 Å². The molecule has 5 heteroatoms. The largest absolute Gasteiger partial charge is 0.465 e. The zero-order chi connectivity index (χ0) is 19.6. The van der Waals surface area contributed by atoms with Crippen LogP contribution in [0.15, 0.2) is 12.5 Å². The zero-order valence-corrected chi connectivity index (χ0v) is 17.4. The molecule has 1 heterocycles. The topological polar surface area (TPSA) is 81.0 Å². The van der Waals surface area contributed by atoms with E-state index < -0.39 is 6.04 Å². The van der Waals surface area contributed by atoms with Gasteiger partial charge in [-0.3, -0.25) is 4.79 Å². The fourth-order valence-corrected chi connectivity index (χ4v) is 3.29. The van der Waals surface area contributed by atoms with Crippen molar-refractivity contribution in [1.29, 1.82) is 0 Å². The van der Waals surface area contributed by atoms with E-state index in [0.717, 1.165) is 18.5 Å². The Hall–Kier alpha value is -1.36. The fraction of sp³-hybridized carbons (Fsp3) is 0.818. The summed E-state index contributed by atoms with van der Waals surface area (Å²) in [4.78, 5) is 18.7. The third kappa shape index (κ3) is 13.5. The van der Waals surface area contributed by atoms with Crippen LogP contribution in [-0.4, -0.2) is 28.6 Å². The van der Waals surface area contributed by atoms with Crippen molar-refractivity contribution in [2.45, 2.75) is 109 Å². The summed E-state index contributed by atoms with van der Waals surface area (Å²) >= 11 is 0. The lowest BCUT2D eigenvalue weighted by Gasteiger charge is -2.10. The second-order valence-electron chi connectivity index (χ2n) is 7.65. The van der Waals surface area contributed by atoms with E-state index in [9.17, 15) is 4.79 Å². The number of imidazole rings is 1. The van der Waals surface area contributed by atoms with Crippen LogP contribution >= 0.6 is 0 Å². The smallest absolute Gasteiger partial charge is 0.323 e. The first-order valence-electron chi connectivity index (χ1n) is 11.1. The Labute approximate surface area is 165 Å². The molecule has 0 radical (unpaired) electrons. The summed E-state index contributed by atoms with van der Waals surface area (Å²) in [6.45, 7) is 2.75. The lowest BCUT2D eigenvalue weighted by Crippen LogP contribution is -2.34. The summed E-state index contributed by atoms with van der Waals surface area (Å²) in [7, 11) is 0. The number of rotatable bonds is 18. The molecule has 0 spiro atoms. The number of nitrogens with two attached hydrogens (primary N) is 1. The second-order valence-corrected chi connectivity index (χ2v) is 7.65. The van der Waals surface area contributed by atoms with Gasteiger partial charge in [0, 0.05) is 18.3 Å². The molecule has 0 aliphatic carbocycles. The van der Waals surface area contributed by atoms with E-state index in [1.165, 1.54) is 77.0 Å². The van der Waals surface area contributed by atoms with Gasteiger partial charge >= 0.3 is 5.97 Å². The van der Waals surface area contributed by atoms with E-state index in [-0.39, 0.29) is 5.97 Å². The predicted molar refractivity (Wildman–Crippen MR) is 112 cm³/mol. The monoisotopic (exact) mass is 379 g/mol. The minimum atomic E-state index is -0.614. The summed E-state index contributed by atoms with van der Waals surface area (Å²) in [5.41, 5.74) is 6.70. The van der Waals surface area contributed by atoms with Gasteiger partial charge in [-0.15, -0.1) is 0 Å². The summed E-state index contributed by atoms with van der Waals surface area (Å²) in [5, 5.41) is 0. The number of nitrogens with one attached hydrogen (secondary N) is 1. The van der Waals surface area contributed by atoms with Gasteiger partial charge in [0.2, 0.25) is 0 Å². The highest BCUT2D eigenvalue weighted by Crippen LogP contribution is 2.13. The Morgan fingerprint density at radius 2 is 1.48 bits per heavy atom. The van der Waals surface area contributed by atoms with E-state index in [1.54, 1.807) is 12.5 Å². The summed E-state index contributed by atoms with van der Waals surface area (Å²) in [5.74, 6) is -0.320. The number of ether oxygens (including phenoxy) is 1. The highest BCUT2D eigenvalue weighted by atomic mass is 16.5.